The van der Waals surface area contributed by atoms with E-state index < -0.39 is 0 Å². The minimum atomic E-state index is 0. The Morgan fingerprint density at radius 2 is 1.20 bits per heavy atom. The van der Waals surface area contributed by atoms with Gasteiger partial charge in [-0.2, -0.15) is 0 Å². The first kappa shape index (κ1) is 13.2. The molecule has 0 rings (SSSR count). The zero-order valence-corrected chi connectivity index (χ0v) is 7.61. The monoisotopic (exact) mass is 166 g/mol. The molecular weight excluding hydrogens is 152 g/mol. The largest absolute Gasteiger partial charge is 0.223 e. The van der Waals surface area contributed by atoms with E-state index in [-0.39, 0.29) is 37.7 Å². The minimum Gasteiger partial charge on any atom is -0.223 e. The predicted octanol–water partition coefficient (Wildman–Crippen LogP) is 1.98. The van der Waals surface area contributed by atoms with Crippen LogP contribution in [0.15, 0.2) is 9.98 Å². The summed E-state index contributed by atoms with van der Waals surface area (Å²) >= 11 is 0. The Kier molecular flexibility index (Phi) is 10.3. The summed E-state index contributed by atoms with van der Waals surface area (Å²) in [7, 11) is 0. The van der Waals surface area contributed by atoms with Crippen LogP contribution in [0.3, 0.4) is 0 Å². The van der Waals surface area contributed by atoms with Crippen LogP contribution >= 0.6 is 0 Å². The van der Waals surface area contributed by atoms with Crippen molar-refractivity contribution >= 4 is 6.01 Å². The van der Waals surface area contributed by atoms with Crippen LogP contribution in [0.1, 0.15) is 27.7 Å². The van der Waals surface area contributed by atoms with Gasteiger partial charge in [0.05, 0.1) is 18.1 Å². The zero-order valence-electron chi connectivity index (χ0n) is 6.90. The molecule has 0 saturated heterocycles. The van der Waals surface area contributed by atoms with Crippen LogP contribution in [0, 0.1) is 37.7 Å². The van der Waals surface area contributed by atoms with Crippen LogP contribution < -0.4 is 0 Å². The van der Waals surface area contributed by atoms with E-state index in [9.17, 15) is 0 Å². The van der Waals surface area contributed by atoms with E-state index in [1.54, 1.807) is 0 Å². The van der Waals surface area contributed by atoms with Crippen LogP contribution in [-0.4, -0.2) is 18.1 Å². The van der Waals surface area contributed by atoms with Crippen molar-refractivity contribution in [2.24, 2.45) is 9.98 Å². The number of rotatable bonds is 2. The molecule has 0 aromatic carbocycles. The second kappa shape index (κ2) is 7.74. The van der Waals surface area contributed by atoms with Gasteiger partial charge in [-0.15, -0.1) is 0 Å². The van der Waals surface area contributed by atoms with Gasteiger partial charge < -0.3 is 0 Å². The molecule has 0 saturated carbocycles. The van der Waals surface area contributed by atoms with Crippen LogP contribution in [0.5, 0.6) is 0 Å². The fourth-order valence-corrected chi connectivity index (χ4v) is 0.264. The quantitative estimate of drug-likeness (QED) is 0.560. The minimum absolute atomic E-state index is 0. The third-order valence-electron chi connectivity index (χ3n) is 0.632. The molecule has 0 aliphatic carbocycles. The Morgan fingerprint density at radius 3 is 1.40 bits per heavy atom. The molecule has 0 radical (unpaired) electrons. The van der Waals surface area contributed by atoms with Crippen LogP contribution in [0.2, 0.25) is 0 Å². The van der Waals surface area contributed by atoms with Crippen LogP contribution in [0.4, 0.5) is 0 Å². The van der Waals surface area contributed by atoms with Crippen molar-refractivity contribution in [2.45, 2.75) is 39.8 Å². The van der Waals surface area contributed by atoms with Crippen LogP contribution in [0.25, 0.3) is 0 Å². The van der Waals surface area contributed by atoms with Gasteiger partial charge in [-0.3, -0.25) is 0 Å². The molecule has 60 valence electrons. The van der Waals surface area contributed by atoms with Gasteiger partial charge in [-0.1, -0.05) is 0 Å². The Morgan fingerprint density at radius 1 is 0.900 bits per heavy atom. The molecule has 10 heavy (non-hydrogen) atoms. The maximum Gasteiger partial charge on any atom is 0.0897 e. The fourth-order valence-electron chi connectivity index (χ4n) is 0.264. The summed E-state index contributed by atoms with van der Waals surface area (Å²) in [6.45, 7) is 8.01. The number of nitrogens with zero attached hydrogens (tertiary/aromatic N) is 2. The smallest absolute Gasteiger partial charge is 0.0897 e. The van der Waals surface area contributed by atoms with E-state index in [2.05, 4.69) is 16.0 Å². The average molecular weight is 166 g/mol. The number of hydrogen-bond acceptors (Lipinski definition) is 2. The SMILES string of the molecule is CC(C)N=C=NC(C)C.[Ar]. The summed E-state index contributed by atoms with van der Waals surface area (Å²) in [6.07, 6.45) is 0. The molecule has 0 aromatic heterocycles. The molecular formula is C7H14ArN2. The standard InChI is InChI=1S/C7H14N2.Ar/c1-6(2)8-5-9-7(3)4;/h6-7H,1-4H3;. The molecule has 3 heteroatoms. The number of aliphatic imine (C=N–C) groups is 2. The van der Waals surface area contributed by atoms with Gasteiger partial charge >= 0.3 is 0 Å². The maximum absolute atomic E-state index is 3.95. The Balaban J connectivity index is 0. The summed E-state index contributed by atoms with van der Waals surface area (Å²) in [6, 6.07) is 3.26. The van der Waals surface area contributed by atoms with Crippen molar-refractivity contribution in [2.75, 3.05) is 0 Å². The third kappa shape index (κ3) is 11.4. The molecule has 0 spiro atoms. The van der Waals surface area contributed by atoms with Crippen molar-refractivity contribution in [1.29, 1.82) is 0 Å². The summed E-state index contributed by atoms with van der Waals surface area (Å²) in [4.78, 5) is 7.90. The first-order valence-corrected chi connectivity index (χ1v) is 3.27. The summed E-state index contributed by atoms with van der Waals surface area (Å²) < 4.78 is 0. The van der Waals surface area contributed by atoms with Gasteiger partial charge in [0.2, 0.25) is 0 Å². The van der Waals surface area contributed by atoms with E-state index in [0.717, 1.165) is 0 Å². The molecule has 0 atom stereocenters. The molecule has 0 amide bonds. The molecule has 0 aliphatic heterocycles. The van der Waals surface area contributed by atoms with Crippen molar-refractivity contribution < 1.29 is 37.7 Å². The molecule has 0 bridgehead atoms. The molecule has 0 unspecified atom stereocenters. The van der Waals surface area contributed by atoms with E-state index >= 15 is 0 Å². The second-order valence-electron chi connectivity index (χ2n) is 2.55. The first-order valence-electron chi connectivity index (χ1n) is 3.27. The fraction of sp³-hybridized carbons (Fsp3) is 0.857. The maximum atomic E-state index is 3.95. The van der Waals surface area contributed by atoms with E-state index in [0.29, 0.717) is 12.1 Å². The summed E-state index contributed by atoms with van der Waals surface area (Å²) in [5, 5.41) is 0. The molecule has 0 fully saturated rings. The van der Waals surface area contributed by atoms with Gasteiger partial charge in [-0.25, -0.2) is 9.98 Å². The topological polar surface area (TPSA) is 24.7 Å². The molecule has 0 aromatic rings. The van der Waals surface area contributed by atoms with Crippen molar-refractivity contribution in [3.05, 3.63) is 0 Å². The first-order chi connectivity index (χ1) is 4.13. The van der Waals surface area contributed by atoms with Gasteiger partial charge in [0.15, 0.2) is 0 Å². The van der Waals surface area contributed by atoms with Gasteiger partial charge in [0, 0.05) is 37.7 Å². The van der Waals surface area contributed by atoms with Crippen molar-refractivity contribution in [1.82, 2.24) is 0 Å². The molecule has 2 nitrogen and oxygen atoms in total. The molecule has 0 N–H and O–H groups in total. The van der Waals surface area contributed by atoms with E-state index in [1.165, 1.54) is 0 Å². The van der Waals surface area contributed by atoms with Gasteiger partial charge in [0.25, 0.3) is 0 Å². The Labute approximate surface area is 92.8 Å². The van der Waals surface area contributed by atoms with Gasteiger partial charge in [0.1, 0.15) is 0 Å². The Bertz CT molecular complexity index is 112. The average Bonchev–Trinajstić information content (AvgIpc) is 1.63. The molecule has 0 aliphatic rings. The summed E-state index contributed by atoms with van der Waals surface area (Å²) in [5.41, 5.74) is 0. The molecule has 0 heterocycles. The summed E-state index contributed by atoms with van der Waals surface area (Å²) in [5.74, 6) is 0. The second-order valence-corrected chi connectivity index (χ2v) is 2.55. The number of hydrogen-bond donors (Lipinski definition) is 0. The van der Waals surface area contributed by atoms with Crippen molar-refractivity contribution in [3.63, 3.8) is 0 Å². The predicted molar refractivity (Wildman–Crippen MR) is 40.1 cm³/mol. The van der Waals surface area contributed by atoms with E-state index in [1.807, 2.05) is 27.7 Å². The van der Waals surface area contributed by atoms with Gasteiger partial charge in [-0.05, 0) is 27.7 Å². The normalized spacial score (nSPS) is 8.60. The van der Waals surface area contributed by atoms with Crippen LogP contribution in [-0.2, 0) is 0 Å². The van der Waals surface area contributed by atoms with Crippen molar-refractivity contribution in [3.8, 4) is 0 Å². The third-order valence-corrected chi connectivity index (χ3v) is 0.632. The van der Waals surface area contributed by atoms with E-state index in [4.69, 9.17) is 0 Å². The Hall–Kier alpha value is 0.640. The zero-order chi connectivity index (χ0) is 7.28.